The molecule has 0 radical (unpaired) electrons. The number of pyridine rings is 1. The zero-order valence-electron chi connectivity index (χ0n) is 17.3. The summed E-state index contributed by atoms with van der Waals surface area (Å²) in [5.74, 6) is -0.171. The monoisotopic (exact) mass is 442 g/mol. The molecule has 1 amide bonds. The minimum atomic E-state index is -4.55. The largest absolute Gasteiger partial charge is 0.433 e. The molecule has 7 nitrogen and oxygen atoms in total. The summed E-state index contributed by atoms with van der Waals surface area (Å²) in [6, 6.07) is 8.32. The molecule has 0 spiro atoms. The van der Waals surface area contributed by atoms with Crippen LogP contribution in [0.15, 0.2) is 48.9 Å². The van der Waals surface area contributed by atoms with Gasteiger partial charge in [-0.25, -0.2) is 9.97 Å². The highest BCUT2D eigenvalue weighted by Gasteiger charge is 2.32. The molecular formula is C22H21F3N6O. The predicted molar refractivity (Wildman–Crippen MR) is 115 cm³/mol. The van der Waals surface area contributed by atoms with E-state index in [9.17, 15) is 18.0 Å². The number of carbonyl (C=O) groups is 1. The normalized spacial score (nSPS) is 14.6. The van der Waals surface area contributed by atoms with E-state index in [4.69, 9.17) is 0 Å². The summed E-state index contributed by atoms with van der Waals surface area (Å²) in [7, 11) is 0. The molecule has 0 unspecified atom stereocenters. The van der Waals surface area contributed by atoms with Crippen LogP contribution >= 0.6 is 0 Å². The minimum Gasteiger partial charge on any atom is -0.361 e. The van der Waals surface area contributed by atoms with E-state index in [1.807, 2.05) is 24.0 Å². The lowest BCUT2D eigenvalue weighted by atomic mass is 10.0. The van der Waals surface area contributed by atoms with Gasteiger partial charge in [-0.05, 0) is 48.7 Å². The van der Waals surface area contributed by atoms with Gasteiger partial charge in [0.15, 0.2) is 0 Å². The maximum absolute atomic E-state index is 12.9. The third kappa shape index (κ3) is 5.13. The fraction of sp³-hybridized carbons (Fsp3) is 0.273. The molecule has 1 saturated heterocycles. The first-order chi connectivity index (χ1) is 15.3. The van der Waals surface area contributed by atoms with Crippen LogP contribution in [-0.2, 0) is 11.0 Å². The zero-order chi connectivity index (χ0) is 22.7. The van der Waals surface area contributed by atoms with Gasteiger partial charge in [-0.3, -0.25) is 9.78 Å². The van der Waals surface area contributed by atoms with Crippen molar-refractivity contribution in [2.45, 2.75) is 19.5 Å². The Morgan fingerprint density at radius 3 is 2.78 bits per heavy atom. The van der Waals surface area contributed by atoms with Gasteiger partial charge in [0, 0.05) is 36.7 Å². The quantitative estimate of drug-likeness (QED) is 0.637. The van der Waals surface area contributed by atoms with Crippen molar-refractivity contribution in [3.63, 3.8) is 0 Å². The second-order valence-corrected chi connectivity index (χ2v) is 7.53. The smallest absolute Gasteiger partial charge is 0.361 e. The number of carbonyl (C=O) groups excluding carboxylic acids is 1. The summed E-state index contributed by atoms with van der Waals surface area (Å²) < 4.78 is 38.8. The van der Waals surface area contributed by atoms with E-state index in [0.29, 0.717) is 12.2 Å². The highest BCUT2D eigenvalue weighted by Crippen LogP contribution is 2.30. The Morgan fingerprint density at radius 2 is 1.97 bits per heavy atom. The lowest BCUT2D eigenvalue weighted by Crippen LogP contribution is -2.33. The number of hydrogen-bond donors (Lipinski definition) is 2. The predicted octanol–water partition coefficient (Wildman–Crippen LogP) is 3.94. The van der Waals surface area contributed by atoms with Crippen LogP contribution in [-0.4, -0.2) is 40.5 Å². The molecule has 2 N–H and O–H groups in total. The number of benzene rings is 1. The van der Waals surface area contributed by atoms with Crippen LogP contribution in [0.3, 0.4) is 0 Å². The lowest BCUT2D eigenvalue weighted by molar-refractivity contribution is -0.141. The molecule has 32 heavy (non-hydrogen) atoms. The van der Waals surface area contributed by atoms with Crippen molar-refractivity contribution in [3.8, 4) is 11.1 Å². The highest BCUT2D eigenvalue weighted by atomic mass is 19.4. The molecule has 0 aliphatic carbocycles. The van der Waals surface area contributed by atoms with Gasteiger partial charge in [-0.2, -0.15) is 13.2 Å². The maximum atomic E-state index is 12.9. The number of halogens is 3. The Hall–Kier alpha value is -3.69. The first-order valence-corrected chi connectivity index (χ1v) is 10.0. The molecule has 1 aromatic carbocycles. The van der Waals surface area contributed by atoms with Crippen LogP contribution in [0.1, 0.15) is 17.7 Å². The standard InChI is InChI=1S/C22H21F3N6O/c1-14-7-15(9-17(8-14)29-21-28-5-3-19(30-21)22(23,24)25)16-10-18(12-26-11-16)31-6-2-4-27-20(32)13-31/h3,5,7-12H,2,4,6,13H2,1H3,(H,27,32)(H,28,29,30). The third-order valence-corrected chi connectivity index (χ3v) is 4.96. The van der Waals surface area contributed by atoms with Crippen molar-refractivity contribution >= 4 is 23.2 Å². The van der Waals surface area contributed by atoms with E-state index in [1.54, 1.807) is 24.5 Å². The van der Waals surface area contributed by atoms with Crippen molar-refractivity contribution in [2.75, 3.05) is 29.9 Å². The fourth-order valence-electron chi connectivity index (χ4n) is 3.51. The Morgan fingerprint density at radius 1 is 1.12 bits per heavy atom. The average Bonchev–Trinajstić information content (AvgIpc) is 2.97. The molecule has 10 heteroatoms. The number of amides is 1. The van der Waals surface area contributed by atoms with Crippen LogP contribution in [0, 0.1) is 6.92 Å². The summed E-state index contributed by atoms with van der Waals surface area (Å²) in [6.07, 6.45) is 0.785. The molecule has 1 aliphatic heterocycles. The number of hydrogen-bond acceptors (Lipinski definition) is 6. The number of anilines is 3. The molecule has 1 aliphatic rings. The first-order valence-electron chi connectivity index (χ1n) is 10.0. The van der Waals surface area contributed by atoms with Gasteiger partial charge in [0.05, 0.1) is 18.4 Å². The Bertz CT molecular complexity index is 1130. The SMILES string of the molecule is Cc1cc(Nc2nccc(C(F)(F)F)n2)cc(-c2cncc(N3CCCNC(=O)C3)c2)c1. The summed E-state index contributed by atoms with van der Waals surface area (Å²) in [6.45, 7) is 3.53. The van der Waals surface area contributed by atoms with Gasteiger partial charge in [0.25, 0.3) is 0 Å². The molecule has 166 valence electrons. The van der Waals surface area contributed by atoms with E-state index in [-0.39, 0.29) is 18.4 Å². The lowest BCUT2D eigenvalue weighted by Gasteiger charge is -2.21. The summed E-state index contributed by atoms with van der Waals surface area (Å²) in [5, 5.41) is 5.70. The van der Waals surface area contributed by atoms with E-state index >= 15 is 0 Å². The Balaban J connectivity index is 1.61. The second kappa shape index (κ2) is 8.81. The maximum Gasteiger partial charge on any atom is 0.433 e. The first kappa shape index (κ1) is 21.5. The van der Waals surface area contributed by atoms with Crippen molar-refractivity contribution < 1.29 is 18.0 Å². The van der Waals surface area contributed by atoms with Crippen LogP contribution in [0.5, 0.6) is 0 Å². The molecule has 4 rings (SSSR count). The number of aryl methyl sites for hydroxylation is 1. The van der Waals surface area contributed by atoms with Crippen LogP contribution in [0.4, 0.5) is 30.5 Å². The molecule has 0 saturated carbocycles. The summed E-state index contributed by atoms with van der Waals surface area (Å²) >= 11 is 0. The van der Waals surface area contributed by atoms with Gasteiger partial charge < -0.3 is 15.5 Å². The average molecular weight is 442 g/mol. The fourth-order valence-corrected chi connectivity index (χ4v) is 3.51. The van der Waals surface area contributed by atoms with Gasteiger partial charge in [-0.15, -0.1) is 0 Å². The van der Waals surface area contributed by atoms with Gasteiger partial charge in [-0.1, -0.05) is 6.07 Å². The topological polar surface area (TPSA) is 83.0 Å². The number of nitrogens with one attached hydrogen (secondary N) is 2. The summed E-state index contributed by atoms with van der Waals surface area (Å²) in [5.41, 5.74) is 2.92. The van der Waals surface area contributed by atoms with Crippen molar-refractivity contribution in [2.24, 2.45) is 0 Å². The highest BCUT2D eigenvalue weighted by molar-refractivity contribution is 5.82. The van der Waals surface area contributed by atoms with Gasteiger partial charge in [0.2, 0.25) is 11.9 Å². The second-order valence-electron chi connectivity index (χ2n) is 7.53. The van der Waals surface area contributed by atoms with Crippen LogP contribution in [0.2, 0.25) is 0 Å². The minimum absolute atomic E-state index is 0.0315. The van der Waals surface area contributed by atoms with E-state index in [0.717, 1.165) is 47.6 Å². The van der Waals surface area contributed by atoms with Gasteiger partial charge >= 0.3 is 6.18 Å². The molecule has 2 aromatic heterocycles. The number of aromatic nitrogens is 3. The van der Waals surface area contributed by atoms with Crippen molar-refractivity contribution in [3.05, 3.63) is 60.2 Å². The molecule has 0 bridgehead atoms. The van der Waals surface area contributed by atoms with E-state index in [1.165, 1.54) is 0 Å². The zero-order valence-corrected chi connectivity index (χ0v) is 17.3. The Labute approximate surface area is 182 Å². The van der Waals surface area contributed by atoms with Crippen LogP contribution in [0.25, 0.3) is 11.1 Å². The molecule has 3 heterocycles. The molecule has 3 aromatic rings. The number of alkyl halides is 3. The number of nitrogens with zero attached hydrogens (tertiary/aromatic N) is 4. The molecule has 0 atom stereocenters. The third-order valence-electron chi connectivity index (χ3n) is 4.96. The molecule has 1 fully saturated rings. The van der Waals surface area contributed by atoms with E-state index < -0.39 is 11.9 Å². The van der Waals surface area contributed by atoms with Crippen molar-refractivity contribution in [1.82, 2.24) is 20.3 Å². The van der Waals surface area contributed by atoms with E-state index in [2.05, 4.69) is 25.6 Å². The molecular weight excluding hydrogens is 421 g/mol. The van der Waals surface area contributed by atoms with Crippen molar-refractivity contribution in [1.29, 1.82) is 0 Å². The summed E-state index contributed by atoms with van der Waals surface area (Å²) in [4.78, 5) is 25.7. The Kier molecular flexibility index (Phi) is 5.93. The van der Waals surface area contributed by atoms with Gasteiger partial charge in [0.1, 0.15) is 5.69 Å². The number of rotatable bonds is 4. The van der Waals surface area contributed by atoms with Crippen LogP contribution < -0.4 is 15.5 Å².